The summed E-state index contributed by atoms with van der Waals surface area (Å²) in [6.07, 6.45) is 0.167. The number of benzene rings is 3. The van der Waals surface area contributed by atoms with Crippen LogP contribution in [0.3, 0.4) is 0 Å². The van der Waals surface area contributed by atoms with Crippen LogP contribution in [0.5, 0.6) is 23.0 Å². The molecule has 2 aliphatic rings. The van der Waals surface area contributed by atoms with Gasteiger partial charge in [-0.25, -0.2) is 9.40 Å². The third-order valence-electron chi connectivity index (χ3n) is 5.87. The van der Waals surface area contributed by atoms with Crippen LogP contribution in [0.1, 0.15) is 35.4 Å². The largest absolute Gasteiger partial charge is 0.493 e. The molecule has 0 saturated carbocycles. The lowest BCUT2D eigenvalue weighted by molar-refractivity contribution is -0.0210. The first-order valence-electron chi connectivity index (χ1n) is 10.3. The van der Waals surface area contributed by atoms with Gasteiger partial charge in [0.2, 0.25) is 6.23 Å². The van der Waals surface area contributed by atoms with E-state index in [0.29, 0.717) is 29.4 Å². The number of nitrogens with zero attached hydrogens (tertiary/aromatic N) is 2. The zero-order valence-corrected chi connectivity index (χ0v) is 18.0. The highest BCUT2D eigenvalue weighted by Crippen LogP contribution is 2.51. The van der Waals surface area contributed by atoms with Crippen LogP contribution in [0.4, 0.5) is 4.39 Å². The number of hydrogen-bond donors (Lipinski definition) is 0. The molecular weight excluding hydrogens is 411 g/mol. The number of halogens is 1. The van der Waals surface area contributed by atoms with Gasteiger partial charge in [0.05, 0.1) is 33.1 Å². The minimum atomic E-state index is -0.499. The maximum atomic E-state index is 13.5. The van der Waals surface area contributed by atoms with Crippen LogP contribution in [0.25, 0.3) is 0 Å². The highest BCUT2D eigenvalue weighted by atomic mass is 19.1. The van der Waals surface area contributed by atoms with E-state index in [-0.39, 0.29) is 11.9 Å². The van der Waals surface area contributed by atoms with Gasteiger partial charge in [0, 0.05) is 17.5 Å². The third kappa shape index (κ3) is 3.30. The van der Waals surface area contributed by atoms with E-state index >= 15 is 0 Å². The Kier molecular flexibility index (Phi) is 5.09. The summed E-state index contributed by atoms with van der Waals surface area (Å²) >= 11 is 0. The second kappa shape index (κ2) is 8.07. The lowest BCUT2D eigenvalue weighted by Gasteiger charge is -2.38. The van der Waals surface area contributed by atoms with Crippen molar-refractivity contribution >= 4 is 5.71 Å². The molecule has 3 aromatic carbocycles. The molecule has 5 rings (SSSR count). The predicted molar refractivity (Wildman–Crippen MR) is 118 cm³/mol. The van der Waals surface area contributed by atoms with Gasteiger partial charge in [0.1, 0.15) is 5.82 Å². The Morgan fingerprint density at radius 2 is 1.66 bits per heavy atom. The van der Waals surface area contributed by atoms with Crippen LogP contribution < -0.4 is 18.9 Å². The molecule has 0 aromatic heterocycles. The highest BCUT2D eigenvalue weighted by Gasteiger charge is 2.42. The third-order valence-corrected chi connectivity index (χ3v) is 5.87. The Morgan fingerprint density at radius 1 is 0.906 bits per heavy atom. The number of rotatable bonds is 5. The lowest BCUT2D eigenvalue weighted by Crippen LogP contribution is -2.33. The monoisotopic (exact) mass is 434 g/mol. The molecule has 3 aromatic rings. The SMILES string of the molecule is COc1ccc([C@@H]2Oc3c(OC)cccc3[C@H]3CC(c4ccc(F)cc4)=NN32)cc1OC. The molecule has 7 heteroatoms. The number of methoxy groups -OCH3 is 3. The lowest BCUT2D eigenvalue weighted by atomic mass is 9.95. The summed E-state index contributed by atoms with van der Waals surface area (Å²) < 4.78 is 36.4. The van der Waals surface area contributed by atoms with Gasteiger partial charge in [-0.2, -0.15) is 5.10 Å². The molecular formula is C25H23FN2O4. The van der Waals surface area contributed by atoms with Crippen molar-refractivity contribution in [1.29, 1.82) is 0 Å². The van der Waals surface area contributed by atoms with Gasteiger partial charge in [-0.05, 0) is 42.0 Å². The van der Waals surface area contributed by atoms with Gasteiger partial charge < -0.3 is 18.9 Å². The molecule has 0 aliphatic carbocycles. The molecule has 0 N–H and O–H groups in total. The Labute approximate surface area is 185 Å². The van der Waals surface area contributed by atoms with E-state index < -0.39 is 6.23 Å². The summed E-state index contributed by atoms with van der Waals surface area (Å²) in [5.41, 5.74) is 3.63. The average Bonchev–Trinajstić information content (AvgIpc) is 3.29. The topological polar surface area (TPSA) is 52.5 Å². The summed E-state index contributed by atoms with van der Waals surface area (Å²) in [4.78, 5) is 0. The summed E-state index contributed by atoms with van der Waals surface area (Å²) in [5, 5.41) is 6.87. The van der Waals surface area contributed by atoms with Crippen molar-refractivity contribution in [2.24, 2.45) is 5.10 Å². The van der Waals surface area contributed by atoms with Gasteiger partial charge in [0.25, 0.3) is 0 Å². The molecule has 164 valence electrons. The Balaban J connectivity index is 1.62. The van der Waals surface area contributed by atoms with Crippen molar-refractivity contribution in [1.82, 2.24) is 5.01 Å². The van der Waals surface area contributed by atoms with Gasteiger partial charge in [-0.1, -0.05) is 24.3 Å². The van der Waals surface area contributed by atoms with Crippen molar-refractivity contribution in [2.75, 3.05) is 21.3 Å². The molecule has 2 heterocycles. The van der Waals surface area contributed by atoms with Crippen molar-refractivity contribution < 1.29 is 23.3 Å². The van der Waals surface area contributed by atoms with E-state index in [1.165, 1.54) is 12.1 Å². The first-order valence-corrected chi connectivity index (χ1v) is 10.3. The molecule has 0 fully saturated rings. The number of hydrazone groups is 1. The summed E-state index contributed by atoms with van der Waals surface area (Å²) in [6.45, 7) is 0. The van der Waals surface area contributed by atoms with Crippen LogP contribution in [0, 0.1) is 5.82 Å². The van der Waals surface area contributed by atoms with Crippen LogP contribution in [0.15, 0.2) is 65.8 Å². The molecule has 2 atom stereocenters. The van der Waals surface area contributed by atoms with E-state index in [2.05, 4.69) is 0 Å². The molecule has 6 nitrogen and oxygen atoms in total. The second-order valence-electron chi connectivity index (χ2n) is 7.62. The van der Waals surface area contributed by atoms with Crippen LogP contribution in [-0.2, 0) is 0 Å². The van der Waals surface area contributed by atoms with Crippen molar-refractivity contribution in [3.8, 4) is 23.0 Å². The number of para-hydroxylation sites is 1. The molecule has 0 unspecified atom stereocenters. The molecule has 0 radical (unpaired) electrons. The van der Waals surface area contributed by atoms with Gasteiger partial charge >= 0.3 is 0 Å². The van der Waals surface area contributed by atoms with E-state index in [1.54, 1.807) is 33.5 Å². The first-order chi connectivity index (χ1) is 15.6. The normalized spacial score (nSPS) is 18.9. The minimum absolute atomic E-state index is 0.0491. The molecule has 0 saturated heterocycles. The summed E-state index contributed by atoms with van der Waals surface area (Å²) in [5.74, 6) is 2.34. The minimum Gasteiger partial charge on any atom is -0.493 e. The molecule has 0 bridgehead atoms. The zero-order chi connectivity index (χ0) is 22.2. The van der Waals surface area contributed by atoms with Crippen molar-refractivity contribution in [2.45, 2.75) is 18.7 Å². The Morgan fingerprint density at radius 3 is 2.38 bits per heavy atom. The van der Waals surface area contributed by atoms with Crippen molar-refractivity contribution in [3.05, 3.63) is 83.2 Å². The number of hydrogen-bond acceptors (Lipinski definition) is 6. The van der Waals surface area contributed by atoms with E-state index in [0.717, 1.165) is 22.4 Å². The van der Waals surface area contributed by atoms with E-state index in [9.17, 15) is 4.39 Å². The van der Waals surface area contributed by atoms with Crippen LogP contribution in [-0.4, -0.2) is 32.0 Å². The number of fused-ring (bicyclic) bond motifs is 3. The zero-order valence-electron chi connectivity index (χ0n) is 18.0. The highest BCUT2D eigenvalue weighted by molar-refractivity contribution is 6.02. The van der Waals surface area contributed by atoms with Gasteiger partial charge in [-0.3, -0.25) is 0 Å². The smallest absolute Gasteiger partial charge is 0.214 e. The fourth-order valence-electron chi connectivity index (χ4n) is 4.29. The molecule has 32 heavy (non-hydrogen) atoms. The summed E-state index contributed by atoms with van der Waals surface area (Å²) in [6, 6.07) is 17.9. The summed E-state index contributed by atoms with van der Waals surface area (Å²) in [7, 11) is 4.84. The standard InChI is InChI=1S/C25H23FN2O4/c1-29-21-12-9-16(13-23(21)31-3)25-28-20(18-5-4-6-22(30-2)24(18)32-25)14-19(27-28)15-7-10-17(26)11-8-15/h4-13,20,25H,14H2,1-3H3/t20-,25+/m1/s1. The predicted octanol–water partition coefficient (Wildman–Crippen LogP) is 5.09. The molecule has 0 amide bonds. The van der Waals surface area contributed by atoms with Crippen LogP contribution >= 0.6 is 0 Å². The van der Waals surface area contributed by atoms with Crippen LogP contribution in [0.2, 0.25) is 0 Å². The first kappa shape index (κ1) is 20.2. The molecule has 2 aliphatic heterocycles. The van der Waals surface area contributed by atoms with Gasteiger partial charge in [-0.15, -0.1) is 0 Å². The van der Waals surface area contributed by atoms with E-state index in [1.807, 2.05) is 41.4 Å². The quantitative estimate of drug-likeness (QED) is 0.560. The van der Waals surface area contributed by atoms with Gasteiger partial charge in [0.15, 0.2) is 23.0 Å². The second-order valence-corrected chi connectivity index (χ2v) is 7.62. The maximum Gasteiger partial charge on any atom is 0.214 e. The van der Waals surface area contributed by atoms with Crippen molar-refractivity contribution in [3.63, 3.8) is 0 Å². The van der Waals surface area contributed by atoms with E-state index in [4.69, 9.17) is 24.0 Å². The fourth-order valence-corrected chi connectivity index (χ4v) is 4.29. The maximum absolute atomic E-state index is 13.5. The Bertz CT molecular complexity index is 1180. The Hall–Kier alpha value is -3.74. The fraction of sp³-hybridized carbons (Fsp3) is 0.240. The average molecular weight is 434 g/mol. The molecule has 0 spiro atoms. The number of ether oxygens (including phenoxy) is 4.